The summed E-state index contributed by atoms with van der Waals surface area (Å²) in [5.41, 5.74) is 6.16. The molecule has 0 bridgehead atoms. The number of nitrogens with one attached hydrogen (secondary N) is 2. The molecule has 1 aromatic rings. The number of carbonyl (C=O) groups is 2. The molecular weight excluding hydrogens is 261 g/mol. The van der Waals surface area contributed by atoms with Gasteiger partial charge in [-0.25, -0.2) is 4.39 Å². The van der Waals surface area contributed by atoms with Gasteiger partial charge in [0.05, 0.1) is 12.6 Å². The number of hydrogen-bond donors (Lipinski definition) is 3. The molecule has 0 saturated carbocycles. The van der Waals surface area contributed by atoms with E-state index in [1.54, 1.807) is 0 Å². The molecule has 0 heterocycles. The summed E-state index contributed by atoms with van der Waals surface area (Å²) < 4.78 is 12.7. The third kappa shape index (κ3) is 5.79. The summed E-state index contributed by atoms with van der Waals surface area (Å²) >= 11 is 0. The van der Waals surface area contributed by atoms with E-state index in [2.05, 4.69) is 10.6 Å². The summed E-state index contributed by atoms with van der Waals surface area (Å²) in [7, 11) is 0. The van der Waals surface area contributed by atoms with Gasteiger partial charge in [-0.05, 0) is 36.6 Å². The fourth-order valence-electron chi connectivity index (χ4n) is 1.65. The van der Waals surface area contributed by atoms with E-state index in [1.807, 2.05) is 13.8 Å². The van der Waals surface area contributed by atoms with Gasteiger partial charge in [-0.15, -0.1) is 0 Å². The van der Waals surface area contributed by atoms with E-state index in [9.17, 15) is 14.0 Å². The normalized spacial score (nSPS) is 12.1. The van der Waals surface area contributed by atoms with Gasteiger partial charge in [0.1, 0.15) is 5.82 Å². The Morgan fingerprint density at radius 2 is 1.85 bits per heavy atom. The van der Waals surface area contributed by atoms with Crippen molar-refractivity contribution >= 4 is 17.5 Å². The highest BCUT2D eigenvalue weighted by molar-refractivity contribution is 5.95. The van der Waals surface area contributed by atoms with Crippen molar-refractivity contribution in [1.29, 1.82) is 0 Å². The molecule has 0 aliphatic rings. The van der Waals surface area contributed by atoms with Crippen molar-refractivity contribution in [3.63, 3.8) is 0 Å². The van der Waals surface area contributed by atoms with Crippen LogP contribution in [-0.4, -0.2) is 24.4 Å². The Bertz CT molecular complexity index is 460. The Kier molecular flexibility index (Phi) is 6.11. The number of anilines is 1. The minimum absolute atomic E-state index is 0.165. The third-order valence-electron chi connectivity index (χ3n) is 2.61. The molecule has 110 valence electrons. The Morgan fingerprint density at radius 3 is 2.40 bits per heavy atom. The van der Waals surface area contributed by atoms with E-state index in [0.717, 1.165) is 0 Å². The van der Waals surface area contributed by atoms with Crippen LogP contribution in [0.15, 0.2) is 24.3 Å². The maximum Gasteiger partial charge on any atom is 0.243 e. The molecular formula is C14H20FN3O2. The maximum atomic E-state index is 12.7. The van der Waals surface area contributed by atoms with Crippen molar-refractivity contribution in [2.24, 2.45) is 11.7 Å². The fourth-order valence-corrected chi connectivity index (χ4v) is 1.65. The standard InChI is InChI=1S/C14H20FN3O2/c1-9(2)7-12(16)14(20)17-8-13(19)18-11-5-3-10(15)4-6-11/h3-6,9,12H,7-8,16H2,1-2H3,(H,17,20)(H,18,19)/t12-/m0/s1. The molecule has 2 amide bonds. The van der Waals surface area contributed by atoms with E-state index in [4.69, 9.17) is 5.73 Å². The largest absolute Gasteiger partial charge is 0.346 e. The van der Waals surface area contributed by atoms with Crippen molar-refractivity contribution in [2.75, 3.05) is 11.9 Å². The Balaban J connectivity index is 2.36. The monoisotopic (exact) mass is 281 g/mol. The molecule has 0 aromatic heterocycles. The van der Waals surface area contributed by atoms with E-state index >= 15 is 0 Å². The van der Waals surface area contributed by atoms with Gasteiger partial charge in [-0.2, -0.15) is 0 Å². The van der Waals surface area contributed by atoms with Crippen LogP contribution in [0.2, 0.25) is 0 Å². The molecule has 0 aliphatic carbocycles. The number of rotatable bonds is 6. The lowest BCUT2D eigenvalue weighted by Crippen LogP contribution is -2.44. The van der Waals surface area contributed by atoms with Crippen molar-refractivity contribution in [3.8, 4) is 0 Å². The first-order valence-corrected chi connectivity index (χ1v) is 6.47. The molecule has 4 N–H and O–H groups in total. The average Bonchev–Trinajstić information content (AvgIpc) is 2.38. The predicted molar refractivity (Wildman–Crippen MR) is 75.5 cm³/mol. The Hall–Kier alpha value is -1.95. The summed E-state index contributed by atoms with van der Waals surface area (Å²) in [6, 6.07) is 4.76. The van der Waals surface area contributed by atoms with E-state index in [1.165, 1.54) is 24.3 Å². The smallest absolute Gasteiger partial charge is 0.243 e. The number of nitrogens with two attached hydrogens (primary N) is 1. The second-order valence-electron chi connectivity index (χ2n) is 5.01. The van der Waals surface area contributed by atoms with Gasteiger partial charge in [-0.3, -0.25) is 9.59 Å². The van der Waals surface area contributed by atoms with Crippen LogP contribution in [0, 0.1) is 11.7 Å². The molecule has 0 fully saturated rings. The number of benzene rings is 1. The molecule has 1 atom stereocenters. The van der Waals surface area contributed by atoms with Gasteiger partial charge >= 0.3 is 0 Å². The molecule has 0 saturated heterocycles. The highest BCUT2D eigenvalue weighted by Crippen LogP contribution is 2.07. The summed E-state index contributed by atoms with van der Waals surface area (Å²) in [4.78, 5) is 23.2. The van der Waals surface area contributed by atoms with Gasteiger partial charge in [0, 0.05) is 5.69 Å². The topological polar surface area (TPSA) is 84.2 Å². The van der Waals surface area contributed by atoms with Gasteiger partial charge in [0.2, 0.25) is 11.8 Å². The lowest BCUT2D eigenvalue weighted by molar-refractivity contribution is -0.125. The van der Waals surface area contributed by atoms with Crippen LogP contribution >= 0.6 is 0 Å². The number of amides is 2. The zero-order valence-corrected chi connectivity index (χ0v) is 11.7. The van der Waals surface area contributed by atoms with E-state index in [0.29, 0.717) is 18.0 Å². The van der Waals surface area contributed by atoms with Gasteiger partial charge in [0.15, 0.2) is 0 Å². The molecule has 0 spiro atoms. The van der Waals surface area contributed by atoms with E-state index in [-0.39, 0.29) is 24.2 Å². The van der Waals surface area contributed by atoms with Crippen molar-refractivity contribution in [2.45, 2.75) is 26.3 Å². The van der Waals surface area contributed by atoms with Gasteiger partial charge in [0.25, 0.3) is 0 Å². The predicted octanol–water partition coefficient (Wildman–Crippen LogP) is 1.25. The third-order valence-corrected chi connectivity index (χ3v) is 2.61. The molecule has 6 heteroatoms. The van der Waals surface area contributed by atoms with Crippen LogP contribution in [-0.2, 0) is 9.59 Å². The Labute approximate surface area is 117 Å². The van der Waals surface area contributed by atoms with Crippen LogP contribution in [0.5, 0.6) is 0 Å². The average molecular weight is 281 g/mol. The number of carbonyl (C=O) groups excluding carboxylic acids is 2. The lowest BCUT2D eigenvalue weighted by atomic mass is 10.0. The van der Waals surface area contributed by atoms with E-state index < -0.39 is 6.04 Å². The minimum Gasteiger partial charge on any atom is -0.346 e. The SMILES string of the molecule is CC(C)C[C@H](N)C(=O)NCC(=O)Nc1ccc(F)cc1. The molecule has 0 radical (unpaired) electrons. The first-order valence-electron chi connectivity index (χ1n) is 6.47. The number of hydrogen-bond acceptors (Lipinski definition) is 3. The Morgan fingerprint density at radius 1 is 1.25 bits per heavy atom. The van der Waals surface area contributed by atoms with Crippen LogP contribution in [0.1, 0.15) is 20.3 Å². The minimum atomic E-state index is -0.617. The van der Waals surface area contributed by atoms with Gasteiger partial charge < -0.3 is 16.4 Å². The molecule has 1 aromatic carbocycles. The zero-order valence-electron chi connectivity index (χ0n) is 11.7. The zero-order chi connectivity index (χ0) is 15.1. The second kappa shape index (κ2) is 7.59. The number of halogens is 1. The van der Waals surface area contributed by atoms with Crippen LogP contribution in [0.3, 0.4) is 0 Å². The van der Waals surface area contributed by atoms with Crippen molar-refractivity contribution in [3.05, 3.63) is 30.1 Å². The first kappa shape index (κ1) is 16.1. The van der Waals surface area contributed by atoms with Crippen molar-refractivity contribution < 1.29 is 14.0 Å². The first-order chi connectivity index (χ1) is 9.38. The van der Waals surface area contributed by atoms with Crippen LogP contribution < -0.4 is 16.4 Å². The molecule has 0 unspecified atom stereocenters. The highest BCUT2D eigenvalue weighted by atomic mass is 19.1. The molecule has 1 rings (SSSR count). The second-order valence-corrected chi connectivity index (χ2v) is 5.01. The fraction of sp³-hybridized carbons (Fsp3) is 0.429. The lowest BCUT2D eigenvalue weighted by Gasteiger charge is -2.14. The molecule has 0 aliphatic heterocycles. The summed E-state index contributed by atoms with van der Waals surface area (Å²) in [5.74, 6) is -0.811. The van der Waals surface area contributed by atoms with Crippen LogP contribution in [0.25, 0.3) is 0 Å². The highest BCUT2D eigenvalue weighted by Gasteiger charge is 2.15. The molecule has 5 nitrogen and oxygen atoms in total. The van der Waals surface area contributed by atoms with Crippen molar-refractivity contribution in [1.82, 2.24) is 5.32 Å². The summed E-state index contributed by atoms with van der Waals surface area (Å²) in [5, 5.41) is 5.01. The summed E-state index contributed by atoms with van der Waals surface area (Å²) in [6.45, 7) is 3.77. The van der Waals surface area contributed by atoms with Gasteiger partial charge in [-0.1, -0.05) is 13.8 Å². The maximum absolute atomic E-state index is 12.7. The summed E-state index contributed by atoms with van der Waals surface area (Å²) in [6.07, 6.45) is 0.561. The quantitative estimate of drug-likeness (QED) is 0.734. The molecule has 20 heavy (non-hydrogen) atoms. The van der Waals surface area contributed by atoms with Crippen LogP contribution in [0.4, 0.5) is 10.1 Å².